The van der Waals surface area contributed by atoms with Crippen molar-refractivity contribution in [3.63, 3.8) is 0 Å². The average Bonchev–Trinajstić information content (AvgIpc) is 2.66. The molecule has 0 bridgehead atoms. The Morgan fingerprint density at radius 2 is 2.19 bits per heavy atom. The largest absolute Gasteiger partial charge is 0.467 e. The quantitative estimate of drug-likeness (QED) is 0.848. The molecular weight excluding hydrogens is 204 g/mol. The summed E-state index contributed by atoms with van der Waals surface area (Å²) in [6.07, 6.45) is 1.59. The van der Waals surface area contributed by atoms with Crippen molar-refractivity contribution in [2.75, 3.05) is 7.05 Å². The van der Waals surface area contributed by atoms with Gasteiger partial charge in [-0.1, -0.05) is 20.8 Å². The topological polar surface area (TPSA) is 59.5 Å². The fourth-order valence-corrected chi connectivity index (χ4v) is 1.32. The van der Waals surface area contributed by atoms with Crippen LogP contribution in [0, 0.1) is 5.41 Å². The molecule has 0 radical (unpaired) electrons. The van der Waals surface area contributed by atoms with Crippen molar-refractivity contribution < 1.29 is 9.21 Å². The van der Waals surface area contributed by atoms with Crippen LogP contribution in [0.1, 0.15) is 26.5 Å². The van der Waals surface area contributed by atoms with Gasteiger partial charge in [0.25, 0.3) is 0 Å². The predicted octanol–water partition coefficient (Wildman–Crippen LogP) is 1.61. The zero-order valence-electron chi connectivity index (χ0n) is 10.4. The maximum Gasteiger partial charge on any atom is 0.240 e. The van der Waals surface area contributed by atoms with Crippen molar-refractivity contribution in [2.45, 2.75) is 33.4 Å². The molecule has 4 heteroatoms. The Morgan fingerprint density at radius 1 is 1.56 bits per heavy atom. The van der Waals surface area contributed by atoms with Crippen LogP contribution in [0.5, 0.6) is 0 Å². The summed E-state index contributed by atoms with van der Waals surface area (Å²) in [6.45, 7) is 6.32. The van der Waals surface area contributed by atoms with Crippen molar-refractivity contribution in [1.82, 2.24) is 4.90 Å². The molecule has 0 aliphatic heterocycles. The molecule has 1 heterocycles. The van der Waals surface area contributed by atoms with E-state index in [1.54, 1.807) is 24.3 Å². The number of hydrogen-bond donors (Lipinski definition) is 1. The minimum Gasteiger partial charge on any atom is -0.467 e. The number of hydrogen-bond acceptors (Lipinski definition) is 3. The van der Waals surface area contributed by atoms with Crippen LogP contribution in [-0.2, 0) is 11.3 Å². The standard InChI is InChI=1S/C12H20N2O2/c1-12(2,3)10(13)11(15)14(4)8-9-6-5-7-16-9/h5-7,10H,8,13H2,1-4H3. The summed E-state index contributed by atoms with van der Waals surface area (Å²) in [4.78, 5) is 13.6. The summed E-state index contributed by atoms with van der Waals surface area (Å²) in [5, 5.41) is 0. The van der Waals surface area contributed by atoms with Gasteiger partial charge in [0.15, 0.2) is 0 Å². The fraction of sp³-hybridized carbons (Fsp3) is 0.583. The zero-order chi connectivity index (χ0) is 12.3. The number of furan rings is 1. The molecule has 16 heavy (non-hydrogen) atoms. The van der Waals surface area contributed by atoms with Crippen molar-refractivity contribution in [1.29, 1.82) is 0 Å². The highest BCUT2D eigenvalue weighted by Gasteiger charge is 2.29. The van der Waals surface area contributed by atoms with Crippen LogP contribution in [0.4, 0.5) is 0 Å². The van der Waals surface area contributed by atoms with Crippen LogP contribution >= 0.6 is 0 Å². The molecule has 0 aliphatic carbocycles. The summed E-state index contributed by atoms with van der Waals surface area (Å²) < 4.78 is 5.18. The van der Waals surface area contributed by atoms with Crippen LogP contribution in [-0.4, -0.2) is 23.9 Å². The van der Waals surface area contributed by atoms with E-state index in [1.807, 2.05) is 26.8 Å². The minimum absolute atomic E-state index is 0.0658. The van der Waals surface area contributed by atoms with E-state index >= 15 is 0 Å². The smallest absolute Gasteiger partial charge is 0.240 e. The van der Waals surface area contributed by atoms with Gasteiger partial charge in [0, 0.05) is 7.05 Å². The molecule has 0 saturated heterocycles. The second-order valence-corrected chi connectivity index (χ2v) is 5.12. The highest BCUT2D eigenvalue weighted by atomic mass is 16.3. The average molecular weight is 224 g/mol. The first-order chi connectivity index (χ1) is 7.32. The third-order valence-corrected chi connectivity index (χ3v) is 2.55. The highest BCUT2D eigenvalue weighted by molar-refractivity contribution is 5.82. The van der Waals surface area contributed by atoms with Gasteiger partial charge in [-0.05, 0) is 17.5 Å². The number of nitrogens with zero attached hydrogens (tertiary/aromatic N) is 1. The van der Waals surface area contributed by atoms with Gasteiger partial charge in [0.2, 0.25) is 5.91 Å². The first kappa shape index (κ1) is 12.8. The van der Waals surface area contributed by atoms with Crippen LogP contribution in [0.3, 0.4) is 0 Å². The van der Waals surface area contributed by atoms with Gasteiger partial charge in [-0.15, -0.1) is 0 Å². The summed E-state index contributed by atoms with van der Waals surface area (Å²) in [6, 6.07) is 3.15. The van der Waals surface area contributed by atoms with E-state index in [0.717, 1.165) is 5.76 Å². The number of likely N-dealkylation sites (N-methyl/N-ethyl adjacent to an activating group) is 1. The summed E-state index contributed by atoms with van der Waals surface area (Å²) in [5.74, 6) is 0.695. The highest BCUT2D eigenvalue weighted by Crippen LogP contribution is 2.19. The third kappa shape index (κ3) is 3.10. The molecule has 0 fully saturated rings. The molecule has 0 aliphatic rings. The number of rotatable bonds is 3. The fourth-order valence-electron chi connectivity index (χ4n) is 1.32. The van der Waals surface area contributed by atoms with E-state index in [1.165, 1.54) is 0 Å². The van der Waals surface area contributed by atoms with Crippen molar-refractivity contribution in [3.05, 3.63) is 24.2 Å². The number of amides is 1. The molecule has 0 spiro atoms. The van der Waals surface area contributed by atoms with Crippen molar-refractivity contribution in [2.24, 2.45) is 11.1 Å². The predicted molar refractivity (Wildman–Crippen MR) is 62.6 cm³/mol. The maximum absolute atomic E-state index is 12.0. The number of carbonyl (C=O) groups excluding carboxylic acids is 1. The van der Waals surface area contributed by atoms with Gasteiger partial charge < -0.3 is 15.1 Å². The molecule has 4 nitrogen and oxygen atoms in total. The number of carbonyl (C=O) groups is 1. The molecule has 0 saturated carbocycles. The van der Waals surface area contributed by atoms with Gasteiger partial charge in [-0.25, -0.2) is 0 Å². The molecular formula is C12H20N2O2. The second-order valence-electron chi connectivity index (χ2n) is 5.12. The van der Waals surface area contributed by atoms with Gasteiger partial charge >= 0.3 is 0 Å². The molecule has 1 aromatic heterocycles. The van der Waals surface area contributed by atoms with E-state index in [-0.39, 0.29) is 11.3 Å². The lowest BCUT2D eigenvalue weighted by Crippen LogP contribution is -2.48. The van der Waals surface area contributed by atoms with Gasteiger partial charge in [-0.3, -0.25) is 4.79 Å². The molecule has 1 amide bonds. The Hall–Kier alpha value is -1.29. The monoisotopic (exact) mass is 224 g/mol. The van der Waals surface area contributed by atoms with E-state index < -0.39 is 6.04 Å². The first-order valence-electron chi connectivity index (χ1n) is 5.35. The zero-order valence-corrected chi connectivity index (χ0v) is 10.4. The van der Waals surface area contributed by atoms with Gasteiger partial charge in [0.1, 0.15) is 5.76 Å². The molecule has 1 unspecified atom stereocenters. The van der Waals surface area contributed by atoms with Crippen LogP contribution in [0.25, 0.3) is 0 Å². The van der Waals surface area contributed by atoms with Gasteiger partial charge in [0.05, 0.1) is 18.8 Å². The summed E-state index contributed by atoms with van der Waals surface area (Å²) in [7, 11) is 1.73. The maximum atomic E-state index is 12.0. The summed E-state index contributed by atoms with van der Waals surface area (Å²) in [5.41, 5.74) is 5.67. The van der Waals surface area contributed by atoms with Crippen LogP contribution in [0.2, 0.25) is 0 Å². The van der Waals surface area contributed by atoms with E-state index in [0.29, 0.717) is 6.54 Å². The summed E-state index contributed by atoms with van der Waals surface area (Å²) >= 11 is 0. The van der Waals surface area contributed by atoms with Crippen LogP contribution < -0.4 is 5.73 Å². The van der Waals surface area contributed by atoms with Crippen molar-refractivity contribution in [3.8, 4) is 0 Å². The lowest BCUT2D eigenvalue weighted by Gasteiger charge is -2.29. The minimum atomic E-state index is -0.493. The van der Waals surface area contributed by atoms with Crippen LogP contribution in [0.15, 0.2) is 22.8 Å². The Morgan fingerprint density at radius 3 is 2.62 bits per heavy atom. The van der Waals surface area contributed by atoms with Gasteiger partial charge in [-0.2, -0.15) is 0 Å². The molecule has 1 rings (SSSR count). The van der Waals surface area contributed by atoms with E-state index in [2.05, 4.69) is 0 Å². The second kappa shape index (κ2) is 4.70. The Labute approximate surface area is 96.4 Å². The lowest BCUT2D eigenvalue weighted by molar-refractivity contribution is -0.134. The Bertz CT molecular complexity index is 338. The number of nitrogens with two attached hydrogens (primary N) is 1. The first-order valence-corrected chi connectivity index (χ1v) is 5.35. The molecule has 90 valence electrons. The lowest BCUT2D eigenvalue weighted by atomic mass is 9.86. The normalized spacial score (nSPS) is 13.6. The molecule has 1 aromatic rings. The SMILES string of the molecule is CN(Cc1ccco1)C(=O)C(N)C(C)(C)C. The Balaban J connectivity index is 2.61. The molecule has 2 N–H and O–H groups in total. The Kier molecular flexibility index (Phi) is 3.75. The molecule has 0 aromatic carbocycles. The third-order valence-electron chi connectivity index (χ3n) is 2.55. The van der Waals surface area contributed by atoms with E-state index in [4.69, 9.17) is 10.2 Å². The molecule has 1 atom stereocenters. The van der Waals surface area contributed by atoms with Crippen molar-refractivity contribution >= 4 is 5.91 Å². The van der Waals surface area contributed by atoms with E-state index in [9.17, 15) is 4.79 Å².